The molecule has 1 aromatic rings. The molecule has 2 heterocycles. The SMILES string of the molecule is CC(C(N)=NO)N1CCN(C(=O)c2cnccn2)CC1. The monoisotopic (exact) mass is 278 g/mol. The third-order valence-electron chi connectivity index (χ3n) is 3.47. The van der Waals surface area contributed by atoms with Crippen LogP contribution >= 0.6 is 0 Å². The number of rotatable bonds is 3. The Balaban J connectivity index is 1.93. The molecule has 0 bridgehead atoms. The predicted octanol–water partition coefficient (Wildman–Crippen LogP) is -0.631. The minimum absolute atomic E-state index is 0.116. The molecule has 8 nitrogen and oxygen atoms in total. The maximum Gasteiger partial charge on any atom is 0.274 e. The van der Waals surface area contributed by atoms with Crippen LogP contribution < -0.4 is 5.73 Å². The zero-order valence-electron chi connectivity index (χ0n) is 11.3. The van der Waals surface area contributed by atoms with Gasteiger partial charge in [-0.3, -0.25) is 14.7 Å². The molecule has 1 aliphatic rings. The van der Waals surface area contributed by atoms with Gasteiger partial charge in [0.25, 0.3) is 5.91 Å². The highest BCUT2D eigenvalue weighted by Gasteiger charge is 2.26. The van der Waals surface area contributed by atoms with Crippen LogP contribution in [0.15, 0.2) is 23.7 Å². The first-order chi connectivity index (χ1) is 9.63. The van der Waals surface area contributed by atoms with Gasteiger partial charge in [0.05, 0.1) is 12.2 Å². The molecular formula is C12H18N6O2. The molecule has 1 amide bonds. The van der Waals surface area contributed by atoms with Crippen molar-refractivity contribution in [2.45, 2.75) is 13.0 Å². The summed E-state index contributed by atoms with van der Waals surface area (Å²) in [6, 6.07) is -0.145. The number of nitrogens with zero attached hydrogens (tertiary/aromatic N) is 5. The first-order valence-corrected chi connectivity index (χ1v) is 6.40. The fourth-order valence-corrected chi connectivity index (χ4v) is 2.15. The molecule has 0 aliphatic carbocycles. The quantitative estimate of drug-likeness (QED) is 0.330. The molecule has 1 atom stereocenters. The lowest BCUT2D eigenvalue weighted by molar-refractivity contribution is 0.0613. The van der Waals surface area contributed by atoms with Crippen molar-refractivity contribution in [3.05, 3.63) is 24.3 Å². The molecule has 20 heavy (non-hydrogen) atoms. The van der Waals surface area contributed by atoms with E-state index >= 15 is 0 Å². The summed E-state index contributed by atoms with van der Waals surface area (Å²) >= 11 is 0. The van der Waals surface area contributed by atoms with Gasteiger partial charge in [0.15, 0.2) is 5.84 Å². The van der Waals surface area contributed by atoms with E-state index in [0.29, 0.717) is 31.9 Å². The van der Waals surface area contributed by atoms with Gasteiger partial charge in [-0.1, -0.05) is 5.16 Å². The van der Waals surface area contributed by atoms with E-state index in [1.54, 1.807) is 4.90 Å². The Bertz CT molecular complexity index is 484. The first kappa shape index (κ1) is 14.2. The number of oxime groups is 1. The average Bonchev–Trinajstić information content (AvgIpc) is 2.53. The summed E-state index contributed by atoms with van der Waals surface area (Å²) in [7, 11) is 0. The summed E-state index contributed by atoms with van der Waals surface area (Å²) < 4.78 is 0. The van der Waals surface area contributed by atoms with E-state index in [-0.39, 0.29) is 17.8 Å². The van der Waals surface area contributed by atoms with E-state index in [4.69, 9.17) is 10.9 Å². The van der Waals surface area contributed by atoms with Crippen LogP contribution in [0.2, 0.25) is 0 Å². The van der Waals surface area contributed by atoms with Crippen molar-refractivity contribution in [1.29, 1.82) is 0 Å². The highest BCUT2D eigenvalue weighted by Crippen LogP contribution is 2.09. The molecule has 1 saturated heterocycles. The number of nitrogens with two attached hydrogens (primary N) is 1. The lowest BCUT2D eigenvalue weighted by atomic mass is 10.2. The number of hydrogen-bond acceptors (Lipinski definition) is 6. The zero-order chi connectivity index (χ0) is 14.5. The largest absolute Gasteiger partial charge is 0.409 e. The highest BCUT2D eigenvalue weighted by molar-refractivity contribution is 5.92. The summed E-state index contributed by atoms with van der Waals surface area (Å²) in [4.78, 5) is 23.9. The van der Waals surface area contributed by atoms with Gasteiger partial charge in [0.1, 0.15) is 5.69 Å². The minimum atomic E-state index is -0.145. The van der Waals surface area contributed by atoms with Crippen molar-refractivity contribution in [2.75, 3.05) is 26.2 Å². The van der Waals surface area contributed by atoms with Crippen LogP contribution in [0.25, 0.3) is 0 Å². The maximum atomic E-state index is 12.2. The average molecular weight is 278 g/mol. The van der Waals surface area contributed by atoms with E-state index in [9.17, 15) is 4.79 Å². The van der Waals surface area contributed by atoms with E-state index in [2.05, 4.69) is 20.0 Å². The fourth-order valence-electron chi connectivity index (χ4n) is 2.15. The first-order valence-electron chi connectivity index (χ1n) is 6.40. The molecule has 8 heteroatoms. The van der Waals surface area contributed by atoms with Crippen molar-refractivity contribution >= 4 is 11.7 Å². The summed E-state index contributed by atoms with van der Waals surface area (Å²) in [5.74, 6) is 0.0629. The third-order valence-corrected chi connectivity index (χ3v) is 3.47. The van der Waals surface area contributed by atoms with Crippen LogP contribution in [0, 0.1) is 0 Å². The van der Waals surface area contributed by atoms with Crippen molar-refractivity contribution < 1.29 is 10.0 Å². The summed E-state index contributed by atoms with van der Waals surface area (Å²) in [5.41, 5.74) is 5.94. The summed E-state index contributed by atoms with van der Waals surface area (Å²) in [6.45, 7) is 4.37. The summed E-state index contributed by atoms with van der Waals surface area (Å²) in [5, 5.41) is 11.7. The van der Waals surface area contributed by atoms with Crippen LogP contribution in [-0.4, -0.2) is 68.9 Å². The number of amides is 1. The van der Waals surface area contributed by atoms with Crippen LogP contribution in [-0.2, 0) is 0 Å². The third kappa shape index (κ3) is 3.02. The van der Waals surface area contributed by atoms with Gasteiger partial charge in [0.2, 0.25) is 0 Å². The van der Waals surface area contributed by atoms with Gasteiger partial charge < -0.3 is 15.8 Å². The van der Waals surface area contributed by atoms with Gasteiger partial charge in [-0.2, -0.15) is 0 Å². The van der Waals surface area contributed by atoms with E-state index in [1.165, 1.54) is 18.6 Å². The Kier molecular flexibility index (Phi) is 4.46. The molecule has 0 saturated carbocycles. The standard InChI is InChI=1S/C12H18N6O2/c1-9(11(13)16-20)17-4-6-18(7-5-17)12(19)10-8-14-2-3-15-10/h2-3,8-9,20H,4-7H2,1H3,(H2,13,16). The number of amidine groups is 1. The Morgan fingerprint density at radius 1 is 1.40 bits per heavy atom. The van der Waals surface area contributed by atoms with Crippen molar-refractivity contribution in [3.8, 4) is 0 Å². The fraction of sp³-hybridized carbons (Fsp3) is 0.500. The molecular weight excluding hydrogens is 260 g/mol. The lowest BCUT2D eigenvalue weighted by Crippen LogP contribution is -2.54. The minimum Gasteiger partial charge on any atom is -0.409 e. The number of carbonyl (C=O) groups is 1. The van der Waals surface area contributed by atoms with Crippen LogP contribution in [0.5, 0.6) is 0 Å². The molecule has 2 rings (SSSR count). The molecule has 0 spiro atoms. The molecule has 0 radical (unpaired) electrons. The van der Waals surface area contributed by atoms with Gasteiger partial charge in [-0.25, -0.2) is 4.98 Å². The molecule has 0 aromatic carbocycles. The van der Waals surface area contributed by atoms with E-state index in [1.807, 2.05) is 6.92 Å². The van der Waals surface area contributed by atoms with Crippen molar-refractivity contribution in [2.24, 2.45) is 10.9 Å². The number of carbonyl (C=O) groups excluding carboxylic acids is 1. The van der Waals surface area contributed by atoms with Gasteiger partial charge in [0, 0.05) is 38.6 Å². The molecule has 1 fully saturated rings. The molecule has 1 aromatic heterocycles. The molecule has 1 aliphatic heterocycles. The van der Waals surface area contributed by atoms with E-state index in [0.717, 1.165) is 0 Å². The topological polar surface area (TPSA) is 108 Å². The molecule has 108 valence electrons. The summed E-state index contributed by atoms with van der Waals surface area (Å²) in [6.07, 6.45) is 4.51. The Labute approximate surface area is 116 Å². The smallest absolute Gasteiger partial charge is 0.274 e. The zero-order valence-corrected chi connectivity index (χ0v) is 11.3. The predicted molar refractivity (Wildman–Crippen MR) is 72.4 cm³/mol. The van der Waals surface area contributed by atoms with Gasteiger partial charge >= 0.3 is 0 Å². The highest BCUT2D eigenvalue weighted by atomic mass is 16.4. The normalized spacial score (nSPS) is 18.9. The second kappa shape index (κ2) is 6.29. The number of piperazine rings is 1. The van der Waals surface area contributed by atoms with Crippen LogP contribution in [0.4, 0.5) is 0 Å². The Hall–Kier alpha value is -2.22. The number of hydrogen-bond donors (Lipinski definition) is 2. The lowest BCUT2D eigenvalue weighted by Gasteiger charge is -2.37. The molecule has 3 N–H and O–H groups in total. The maximum absolute atomic E-state index is 12.2. The Morgan fingerprint density at radius 3 is 2.65 bits per heavy atom. The molecule has 1 unspecified atom stereocenters. The number of aromatic nitrogens is 2. The van der Waals surface area contributed by atoms with Crippen LogP contribution in [0.1, 0.15) is 17.4 Å². The Morgan fingerprint density at radius 2 is 2.10 bits per heavy atom. The van der Waals surface area contributed by atoms with Gasteiger partial charge in [-0.15, -0.1) is 0 Å². The second-order valence-corrected chi connectivity index (χ2v) is 4.62. The van der Waals surface area contributed by atoms with Crippen molar-refractivity contribution in [3.63, 3.8) is 0 Å². The van der Waals surface area contributed by atoms with Crippen LogP contribution in [0.3, 0.4) is 0 Å². The van der Waals surface area contributed by atoms with E-state index < -0.39 is 0 Å². The van der Waals surface area contributed by atoms with Crippen molar-refractivity contribution in [1.82, 2.24) is 19.8 Å². The second-order valence-electron chi connectivity index (χ2n) is 4.62. The van der Waals surface area contributed by atoms with Gasteiger partial charge in [-0.05, 0) is 6.92 Å².